The molecule has 50 heavy (non-hydrogen) atoms. The van der Waals surface area contributed by atoms with E-state index in [1.807, 2.05) is 90.4 Å². The van der Waals surface area contributed by atoms with Gasteiger partial charge < -0.3 is 51.2 Å². The monoisotopic (exact) mass is 1380 g/mol. The van der Waals surface area contributed by atoms with Gasteiger partial charge in [0.2, 0.25) is 11.8 Å². The van der Waals surface area contributed by atoms with Crippen molar-refractivity contribution in [3.05, 3.63) is 43.7 Å². The number of aromatic carboxylic acids is 2. The van der Waals surface area contributed by atoms with Gasteiger partial charge in [-0.2, -0.15) is 0 Å². The molecule has 0 saturated heterocycles. The summed E-state index contributed by atoms with van der Waals surface area (Å²) in [5, 5.41) is 46.3. The Labute approximate surface area is 368 Å². The lowest BCUT2D eigenvalue weighted by molar-refractivity contribution is -0.146. The van der Waals surface area contributed by atoms with Crippen molar-refractivity contribution in [2.75, 3.05) is 51.2 Å². The van der Waals surface area contributed by atoms with Crippen LogP contribution < -0.4 is 21.3 Å². The molecule has 2 aromatic rings. The Morgan fingerprint density at radius 2 is 0.840 bits per heavy atom. The van der Waals surface area contributed by atoms with Crippen molar-refractivity contribution in [2.45, 2.75) is 26.9 Å². The number of aliphatic carboxylic acids is 2. The minimum absolute atomic E-state index is 0.0829. The van der Waals surface area contributed by atoms with Crippen molar-refractivity contribution in [1.29, 1.82) is 0 Å². The molecule has 8 N–H and O–H groups in total. The Hall–Kier alpha value is -0.840. The number of anilines is 2. The van der Waals surface area contributed by atoms with Crippen molar-refractivity contribution in [2.24, 2.45) is 0 Å². The van der Waals surface area contributed by atoms with Gasteiger partial charge in [-0.1, -0.05) is 0 Å². The van der Waals surface area contributed by atoms with Crippen LogP contribution in [0.25, 0.3) is 0 Å². The Bertz CT molecular complexity index is 1480. The molecule has 2 amide bonds. The number of carbonyl (C=O) groups is 6. The lowest BCUT2D eigenvalue weighted by Crippen LogP contribution is -2.22. The highest BCUT2D eigenvalue weighted by Gasteiger charge is 2.25. The predicted octanol–water partition coefficient (Wildman–Crippen LogP) is 4.94. The van der Waals surface area contributed by atoms with Gasteiger partial charge in [-0.3, -0.25) is 9.59 Å². The van der Waals surface area contributed by atoms with Crippen LogP contribution in [0.2, 0.25) is 0 Å². The molecule has 0 aromatic heterocycles. The van der Waals surface area contributed by atoms with Crippen molar-refractivity contribution >= 4 is 183 Å². The van der Waals surface area contributed by atoms with E-state index in [-0.39, 0.29) is 36.2 Å². The molecule has 0 heterocycles. The third-order valence-electron chi connectivity index (χ3n) is 5.59. The molecule has 278 valence electrons. The molecule has 0 aliphatic heterocycles. The zero-order chi connectivity index (χ0) is 38.9. The van der Waals surface area contributed by atoms with Crippen molar-refractivity contribution in [3.8, 4) is 0 Å². The fraction of sp³-hybridized carbons (Fsp3) is 0.357. The molecule has 0 spiro atoms. The first kappa shape index (κ1) is 49.2. The summed E-state index contributed by atoms with van der Waals surface area (Å²) < 4.78 is 13.6. The molecule has 0 radical (unpaired) electrons. The van der Waals surface area contributed by atoms with Crippen LogP contribution in [0.4, 0.5) is 11.4 Å². The van der Waals surface area contributed by atoms with E-state index in [1.54, 1.807) is 14.1 Å². The highest BCUT2D eigenvalue weighted by atomic mass is 127. The molecule has 0 fully saturated rings. The molecule has 2 aromatic carbocycles. The average molecular weight is 1380 g/mol. The maximum atomic E-state index is 11.4. The minimum Gasteiger partial charge on any atom is -0.480 e. The molecule has 0 saturated carbocycles. The number of carboxylic acid groups (broad SMARTS) is 4. The number of nitrogens with one attached hydrogen (secondary N) is 4. The Balaban J connectivity index is 0.000000742. The van der Waals surface area contributed by atoms with Crippen LogP contribution in [0.1, 0.15) is 45.7 Å². The van der Waals surface area contributed by atoms with Gasteiger partial charge in [-0.05, 0) is 136 Å². The van der Waals surface area contributed by atoms with Crippen molar-refractivity contribution in [3.63, 3.8) is 0 Å². The van der Waals surface area contributed by atoms with E-state index in [0.29, 0.717) is 27.4 Å². The fourth-order valence-electron chi connectivity index (χ4n) is 3.42. The highest BCUT2D eigenvalue weighted by Crippen LogP contribution is 2.36. The van der Waals surface area contributed by atoms with Crippen LogP contribution >= 0.6 is 136 Å². The van der Waals surface area contributed by atoms with Crippen LogP contribution in [0.3, 0.4) is 0 Å². The van der Waals surface area contributed by atoms with E-state index < -0.39 is 37.1 Å². The summed E-state index contributed by atoms with van der Waals surface area (Å²) >= 11 is 12.4. The summed E-state index contributed by atoms with van der Waals surface area (Å²) in [6, 6.07) is 0. The topological polar surface area (TPSA) is 250 Å². The van der Waals surface area contributed by atoms with E-state index in [0.717, 1.165) is 29.6 Å². The third kappa shape index (κ3) is 16.4. The third-order valence-corrected chi connectivity index (χ3v) is 12.5. The average Bonchev–Trinajstić information content (AvgIpc) is 2.99. The first-order chi connectivity index (χ1) is 23.2. The lowest BCUT2D eigenvalue weighted by Gasteiger charge is -2.17. The summed E-state index contributed by atoms with van der Waals surface area (Å²) in [7, 11) is 3.50. The fourth-order valence-corrected chi connectivity index (χ4v) is 12.5. The number of ether oxygens (including phenoxy) is 2. The molecule has 0 atom stereocenters. The molecule has 0 bridgehead atoms. The maximum absolute atomic E-state index is 11.4. The standard InChI is InChI=1S/2C11H11I3N2O3.C6H10O6/c2*1-4(17)16-3-5-7(12)6(11(18)19)9(14)10(15-2)8(5)13;7-5(8)3-11-1-2-12-4-6(9)10/h2*15H,3H2,1-2H3,(H,16,17)(H,18,19);1-4H2,(H,7,8)(H,9,10). The second-order valence-electron chi connectivity index (χ2n) is 9.16. The molecule has 22 heteroatoms. The number of amides is 2. The number of carboxylic acids is 4. The van der Waals surface area contributed by atoms with Crippen LogP contribution in [0.15, 0.2) is 0 Å². The van der Waals surface area contributed by atoms with Crippen LogP contribution in [0.5, 0.6) is 0 Å². The minimum atomic E-state index is -1.06. The van der Waals surface area contributed by atoms with E-state index in [1.165, 1.54) is 13.8 Å². The van der Waals surface area contributed by atoms with Crippen molar-refractivity contribution < 1.29 is 58.7 Å². The summed E-state index contributed by atoms with van der Waals surface area (Å²) in [5.41, 5.74) is 3.73. The van der Waals surface area contributed by atoms with Crippen LogP contribution in [0, 0.1) is 21.4 Å². The number of carbonyl (C=O) groups excluding carboxylic acids is 2. The molecule has 2 rings (SSSR count). The summed E-state index contributed by atoms with van der Waals surface area (Å²) in [4.78, 5) is 64.6. The van der Waals surface area contributed by atoms with Crippen molar-refractivity contribution in [1.82, 2.24) is 10.6 Å². The number of hydrogen-bond donors (Lipinski definition) is 8. The SMILES string of the molecule is CNc1c(I)c(CNC(C)=O)c(I)c(C(=O)O)c1I.CNc1c(I)c(CNC(C)=O)c(I)c(C(=O)O)c1I.O=C(O)COCCOCC(=O)O. The van der Waals surface area contributed by atoms with Crippen LogP contribution in [-0.4, -0.2) is 96.6 Å². The predicted molar refractivity (Wildman–Crippen MR) is 234 cm³/mol. The summed E-state index contributed by atoms with van der Waals surface area (Å²) in [5.74, 6) is -4.35. The summed E-state index contributed by atoms with van der Waals surface area (Å²) in [6.07, 6.45) is 0. The maximum Gasteiger partial charge on any atom is 0.337 e. The second-order valence-corrected chi connectivity index (χ2v) is 15.6. The molecular formula is C28H32I6N4O12. The van der Waals surface area contributed by atoms with Gasteiger partial charge in [-0.25, -0.2) is 19.2 Å². The molecule has 0 aliphatic carbocycles. The second kappa shape index (κ2) is 25.2. The van der Waals surface area contributed by atoms with Gasteiger partial charge >= 0.3 is 23.9 Å². The Morgan fingerprint density at radius 3 is 1.06 bits per heavy atom. The van der Waals surface area contributed by atoms with Gasteiger partial charge in [0.1, 0.15) is 13.2 Å². The Kier molecular flexibility index (Phi) is 24.8. The zero-order valence-corrected chi connectivity index (χ0v) is 39.5. The normalized spacial score (nSPS) is 10.0. The summed E-state index contributed by atoms with van der Waals surface area (Å²) in [6.45, 7) is 2.88. The first-order valence-corrected chi connectivity index (χ1v) is 20.0. The number of halogens is 6. The van der Waals surface area contributed by atoms with E-state index >= 15 is 0 Å². The van der Waals surface area contributed by atoms with Gasteiger partial charge in [0.25, 0.3) is 0 Å². The molecule has 16 nitrogen and oxygen atoms in total. The van der Waals surface area contributed by atoms with Gasteiger partial charge in [0.15, 0.2) is 0 Å². The zero-order valence-electron chi connectivity index (χ0n) is 26.6. The molecule has 0 unspecified atom stereocenters. The van der Waals surface area contributed by atoms with Gasteiger partial charge in [-0.15, -0.1) is 0 Å². The van der Waals surface area contributed by atoms with Gasteiger partial charge in [0.05, 0.1) is 42.9 Å². The number of rotatable bonds is 15. The Morgan fingerprint density at radius 1 is 0.540 bits per heavy atom. The molecular weight excluding hydrogens is 1350 g/mol. The van der Waals surface area contributed by atoms with Gasteiger partial charge in [0, 0.05) is 66.4 Å². The van der Waals surface area contributed by atoms with E-state index in [9.17, 15) is 39.0 Å². The highest BCUT2D eigenvalue weighted by molar-refractivity contribution is 14.1. The van der Waals surface area contributed by atoms with E-state index in [4.69, 9.17) is 10.2 Å². The largest absolute Gasteiger partial charge is 0.480 e. The molecule has 0 aliphatic rings. The van der Waals surface area contributed by atoms with Crippen LogP contribution in [-0.2, 0) is 41.7 Å². The smallest absolute Gasteiger partial charge is 0.337 e. The number of benzene rings is 2. The van der Waals surface area contributed by atoms with E-state index in [2.05, 4.69) is 75.9 Å². The number of hydrogen-bond acceptors (Lipinski definition) is 10. The lowest BCUT2D eigenvalue weighted by atomic mass is 10.1. The quantitative estimate of drug-likeness (QED) is 0.0870. The first-order valence-electron chi connectivity index (χ1n) is 13.5.